The predicted molar refractivity (Wildman–Crippen MR) is 141 cm³/mol. The largest absolute Gasteiger partial charge is 0.465 e. The van der Waals surface area contributed by atoms with Crippen molar-refractivity contribution < 1.29 is 42.5 Å². The summed E-state index contributed by atoms with van der Waals surface area (Å²) >= 11 is 0. The molecule has 1 aliphatic heterocycles. The second-order valence-electron chi connectivity index (χ2n) is 9.65. The Morgan fingerprint density at radius 1 is 1.27 bits per heavy atom. The minimum Gasteiger partial charge on any atom is -0.465 e. The van der Waals surface area contributed by atoms with Gasteiger partial charge in [0.1, 0.15) is 54.2 Å². The number of rotatable bonds is 12. The summed E-state index contributed by atoms with van der Waals surface area (Å²) in [6.07, 6.45) is -3.47. The van der Waals surface area contributed by atoms with E-state index < -0.39 is 62.9 Å². The molecule has 0 spiro atoms. The first-order chi connectivity index (χ1) is 19.0. The van der Waals surface area contributed by atoms with Crippen LogP contribution >= 0.6 is 7.75 Å². The van der Waals surface area contributed by atoms with Crippen molar-refractivity contribution in [2.24, 2.45) is 5.92 Å². The van der Waals surface area contributed by atoms with E-state index in [-0.39, 0.29) is 23.9 Å². The molecular formula is C25H33FN5O8P. The first-order valence-corrected chi connectivity index (χ1v) is 14.2. The molecule has 3 heterocycles. The molecule has 40 heavy (non-hydrogen) atoms. The van der Waals surface area contributed by atoms with Crippen LogP contribution in [0.15, 0.2) is 48.8 Å². The monoisotopic (exact) mass is 581 g/mol. The topological polar surface area (TPSA) is 180 Å². The molecule has 0 aliphatic carbocycles. The van der Waals surface area contributed by atoms with Gasteiger partial charge in [0.15, 0.2) is 5.82 Å². The Kier molecular flexibility index (Phi) is 9.08. The smallest absolute Gasteiger partial charge is 0.459 e. The lowest BCUT2D eigenvalue weighted by Gasteiger charge is -2.32. The molecule has 6 atom stereocenters. The van der Waals surface area contributed by atoms with Crippen molar-refractivity contribution in [2.45, 2.75) is 50.7 Å². The van der Waals surface area contributed by atoms with E-state index >= 15 is 0 Å². The van der Waals surface area contributed by atoms with Crippen LogP contribution in [-0.2, 0) is 23.4 Å². The molecule has 4 rings (SSSR count). The Bertz CT molecular complexity index is 1360. The van der Waals surface area contributed by atoms with E-state index in [9.17, 15) is 24.0 Å². The van der Waals surface area contributed by atoms with Crippen LogP contribution in [0.2, 0.25) is 0 Å². The molecule has 0 radical (unpaired) electrons. The van der Waals surface area contributed by atoms with E-state index in [2.05, 4.69) is 15.2 Å². The fourth-order valence-electron chi connectivity index (χ4n) is 4.34. The number of aromatic nitrogens is 3. The van der Waals surface area contributed by atoms with Gasteiger partial charge in [0.2, 0.25) is 0 Å². The van der Waals surface area contributed by atoms with Gasteiger partial charge in [-0.25, -0.2) is 18.5 Å². The zero-order chi connectivity index (χ0) is 29.1. The Balaban J connectivity index is 1.62. The number of nitrogen functional groups attached to an aromatic ring is 1. The number of hydrogen-bond donors (Lipinski definition) is 4. The molecule has 1 saturated heterocycles. The molecule has 2 aromatic heterocycles. The maximum atomic E-state index is 14.6. The molecule has 1 aliphatic rings. The van der Waals surface area contributed by atoms with Crippen molar-refractivity contribution in [3.05, 3.63) is 54.5 Å². The fourth-order valence-corrected chi connectivity index (χ4v) is 6.05. The lowest BCUT2D eigenvalue weighted by Crippen LogP contribution is -2.49. The number of alkyl halides is 1. The zero-order valence-electron chi connectivity index (χ0n) is 22.2. The van der Waals surface area contributed by atoms with Crippen LogP contribution < -0.4 is 15.3 Å². The number of halogens is 1. The van der Waals surface area contributed by atoms with Gasteiger partial charge < -0.3 is 29.9 Å². The quantitative estimate of drug-likeness (QED) is 0.181. The van der Waals surface area contributed by atoms with Gasteiger partial charge in [0.05, 0.1) is 18.9 Å². The second-order valence-corrected chi connectivity index (χ2v) is 11.3. The maximum absolute atomic E-state index is 14.6. The van der Waals surface area contributed by atoms with E-state index in [4.69, 9.17) is 24.3 Å². The van der Waals surface area contributed by atoms with Gasteiger partial charge in [-0.15, -0.1) is 0 Å². The number of carbonyl (C=O) groups excluding carboxylic acids is 1. The van der Waals surface area contributed by atoms with Gasteiger partial charge in [-0.05, 0) is 37.1 Å². The van der Waals surface area contributed by atoms with E-state index in [0.717, 1.165) is 0 Å². The van der Waals surface area contributed by atoms with Gasteiger partial charge in [-0.1, -0.05) is 32.0 Å². The van der Waals surface area contributed by atoms with Crippen LogP contribution in [-0.4, -0.2) is 74.5 Å². The van der Waals surface area contributed by atoms with Crippen LogP contribution in [0.5, 0.6) is 5.75 Å². The highest BCUT2D eigenvalue weighted by Gasteiger charge is 2.57. The summed E-state index contributed by atoms with van der Waals surface area (Å²) in [5.41, 5.74) is 4.42. The third-order valence-electron chi connectivity index (χ3n) is 6.52. The number of benzene rings is 1. The average molecular weight is 582 g/mol. The van der Waals surface area contributed by atoms with Crippen LogP contribution in [0.4, 0.5) is 10.2 Å². The summed E-state index contributed by atoms with van der Waals surface area (Å²) in [5.74, 6) is -0.781. The Morgan fingerprint density at radius 3 is 2.65 bits per heavy atom. The zero-order valence-corrected chi connectivity index (χ0v) is 23.1. The number of aliphatic hydroxyl groups is 2. The molecule has 0 bridgehead atoms. The highest BCUT2D eigenvalue weighted by atomic mass is 31.2. The number of para-hydroxylation sites is 1. The fraction of sp³-hybridized carbons (Fsp3) is 0.480. The number of nitrogens with one attached hydrogen (secondary N) is 1. The highest BCUT2D eigenvalue weighted by Crippen LogP contribution is 2.49. The van der Waals surface area contributed by atoms with Gasteiger partial charge in [-0.3, -0.25) is 9.32 Å². The van der Waals surface area contributed by atoms with E-state index in [1.54, 1.807) is 51.1 Å². The van der Waals surface area contributed by atoms with Gasteiger partial charge >= 0.3 is 13.7 Å². The highest BCUT2D eigenvalue weighted by molar-refractivity contribution is 7.52. The minimum absolute atomic E-state index is 0.0870. The molecule has 5 N–H and O–H groups in total. The number of aliphatic hydroxyl groups excluding tert-OH is 2. The first kappa shape index (κ1) is 29.8. The Morgan fingerprint density at radius 2 is 2.00 bits per heavy atom. The number of hydrogen-bond acceptors (Lipinski definition) is 11. The predicted octanol–water partition coefficient (Wildman–Crippen LogP) is 2.19. The van der Waals surface area contributed by atoms with Crippen molar-refractivity contribution in [3.63, 3.8) is 0 Å². The van der Waals surface area contributed by atoms with Crippen LogP contribution in [0, 0.1) is 5.92 Å². The van der Waals surface area contributed by atoms with E-state index in [1.807, 2.05) is 0 Å². The van der Waals surface area contributed by atoms with Gasteiger partial charge in [0, 0.05) is 0 Å². The molecule has 218 valence electrons. The molecule has 1 aromatic carbocycles. The number of nitrogens with zero attached hydrogens (tertiary/aromatic N) is 3. The van der Waals surface area contributed by atoms with Crippen molar-refractivity contribution in [1.82, 2.24) is 19.7 Å². The number of esters is 1. The SMILES string of the molecule is CCOC(=O)[C@@H](NP(=O)(OC[C@@]1(CF)O[C@@H](c2ccc3c(N)ncnn23)[C@H](O)[C@@H]1O)Oc1ccccc1)C(C)C. The molecule has 0 saturated carbocycles. The summed E-state index contributed by atoms with van der Waals surface area (Å²) in [6, 6.07) is 10.1. The number of ether oxygens (including phenoxy) is 2. The summed E-state index contributed by atoms with van der Waals surface area (Å²) in [7, 11) is -4.44. The summed E-state index contributed by atoms with van der Waals surface area (Å²) in [6.45, 7) is 2.99. The second kappa shape index (κ2) is 12.2. The summed E-state index contributed by atoms with van der Waals surface area (Å²) in [4.78, 5) is 16.5. The lowest BCUT2D eigenvalue weighted by atomic mass is 9.96. The van der Waals surface area contributed by atoms with Crippen molar-refractivity contribution in [1.29, 1.82) is 0 Å². The standard InChI is InChI=1S/C25H33FN5O8P/c1-4-36-24(34)19(15(2)3)30-40(35,39-16-8-6-5-7-9-16)37-13-25(12-26)22(33)20(32)21(38-25)17-10-11-18-23(27)28-14-29-31(17)18/h5-11,14-15,19-22,32-33H,4,12-13H2,1-3H3,(H,30,35)(H2,27,28,29)/t19-,20-,21-,22-,25+,40?/m0/s1. The number of anilines is 1. The van der Waals surface area contributed by atoms with Gasteiger partial charge in [0.25, 0.3) is 0 Å². The van der Waals surface area contributed by atoms with E-state index in [0.29, 0.717) is 5.52 Å². The van der Waals surface area contributed by atoms with Gasteiger partial charge in [-0.2, -0.15) is 10.2 Å². The lowest BCUT2D eigenvalue weighted by molar-refractivity contribution is -0.146. The van der Waals surface area contributed by atoms with Crippen LogP contribution in [0.25, 0.3) is 5.52 Å². The summed E-state index contributed by atoms with van der Waals surface area (Å²) in [5, 5.41) is 28.5. The molecule has 13 nitrogen and oxygen atoms in total. The van der Waals surface area contributed by atoms with Crippen molar-refractivity contribution in [2.75, 3.05) is 25.6 Å². The van der Waals surface area contributed by atoms with E-state index in [1.165, 1.54) is 23.0 Å². The molecule has 0 amide bonds. The summed E-state index contributed by atoms with van der Waals surface area (Å²) < 4.78 is 52.3. The van der Waals surface area contributed by atoms with Crippen molar-refractivity contribution >= 4 is 25.1 Å². The Labute approximate surface area is 230 Å². The van der Waals surface area contributed by atoms with Crippen LogP contribution in [0.3, 0.4) is 0 Å². The third kappa shape index (κ3) is 5.97. The molecule has 15 heteroatoms. The average Bonchev–Trinajstić information content (AvgIpc) is 3.47. The molecule has 1 unspecified atom stereocenters. The number of carbonyl (C=O) groups is 1. The molecule has 1 fully saturated rings. The van der Waals surface area contributed by atoms with Crippen LogP contribution in [0.1, 0.15) is 32.6 Å². The third-order valence-corrected chi connectivity index (χ3v) is 8.03. The molecule has 3 aromatic rings. The maximum Gasteiger partial charge on any atom is 0.459 e. The normalized spacial score (nSPS) is 25.1. The number of nitrogens with two attached hydrogens (primary N) is 1. The first-order valence-electron chi connectivity index (χ1n) is 12.7. The molecular weight excluding hydrogens is 548 g/mol. The minimum atomic E-state index is -4.44. The number of fused-ring (bicyclic) bond motifs is 1. The van der Waals surface area contributed by atoms with Crippen molar-refractivity contribution in [3.8, 4) is 5.75 Å². The Hall–Kier alpha value is -3.13.